The lowest BCUT2D eigenvalue weighted by atomic mass is 10.1. The highest BCUT2D eigenvalue weighted by atomic mass is 19.4. The molecule has 4 nitrogen and oxygen atoms in total. The Balaban J connectivity index is 2.38. The number of hydrogen-bond donors (Lipinski definition) is 0. The molecule has 0 atom stereocenters. The molecule has 0 radical (unpaired) electrons. The Morgan fingerprint density at radius 2 is 1.78 bits per heavy atom. The largest absolute Gasteiger partial charge is 0.497 e. The fourth-order valence-corrected chi connectivity index (χ4v) is 1.72. The molecule has 1 heterocycles. The third-order valence-corrected chi connectivity index (χ3v) is 2.52. The highest BCUT2D eigenvalue weighted by Gasteiger charge is 2.42. The summed E-state index contributed by atoms with van der Waals surface area (Å²) in [6.07, 6.45) is -4.61. The van der Waals surface area contributed by atoms with Crippen LogP contribution in [0.25, 0.3) is 0 Å². The molecule has 96 valence electrons. The number of nitrogens with zero attached hydrogens (tertiary/aromatic N) is 1. The van der Waals surface area contributed by atoms with Crippen LogP contribution in [0.15, 0.2) is 18.2 Å². The fourth-order valence-electron chi connectivity index (χ4n) is 1.72. The van der Waals surface area contributed by atoms with Crippen LogP contribution in [0.2, 0.25) is 0 Å². The van der Waals surface area contributed by atoms with Gasteiger partial charge in [-0.1, -0.05) is 0 Å². The van der Waals surface area contributed by atoms with Gasteiger partial charge in [0.15, 0.2) is 0 Å². The Morgan fingerprint density at radius 1 is 1.17 bits per heavy atom. The molecule has 1 aromatic carbocycles. The first-order valence-electron chi connectivity index (χ1n) is 4.94. The summed E-state index contributed by atoms with van der Waals surface area (Å²) in [6.45, 7) is -1.58. The van der Waals surface area contributed by atoms with Crippen molar-refractivity contribution in [3.63, 3.8) is 0 Å². The number of carbonyl (C=O) groups is 2. The van der Waals surface area contributed by atoms with E-state index in [9.17, 15) is 22.8 Å². The number of methoxy groups -OCH3 is 1. The summed E-state index contributed by atoms with van der Waals surface area (Å²) >= 11 is 0. The minimum Gasteiger partial charge on any atom is -0.497 e. The van der Waals surface area contributed by atoms with E-state index in [-0.39, 0.29) is 16.0 Å². The van der Waals surface area contributed by atoms with Crippen molar-refractivity contribution in [2.75, 3.05) is 13.7 Å². The van der Waals surface area contributed by atoms with Crippen molar-refractivity contribution in [2.24, 2.45) is 0 Å². The second-order valence-electron chi connectivity index (χ2n) is 3.72. The molecule has 0 saturated carbocycles. The van der Waals surface area contributed by atoms with Gasteiger partial charge in [-0.05, 0) is 18.2 Å². The van der Waals surface area contributed by atoms with E-state index in [1.54, 1.807) is 0 Å². The first-order valence-corrected chi connectivity index (χ1v) is 4.94. The molecule has 1 aromatic rings. The van der Waals surface area contributed by atoms with Crippen molar-refractivity contribution < 1.29 is 27.5 Å². The zero-order chi connectivity index (χ0) is 13.5. The highest BCUT2D eigenvalue weighted by Crippen LogP contribution is 2.29. The smallest absolute Gasteiger partial charge is 0.406 e. The number of amides is 2. The van der Waals surface area contributed by atoms with Crippen molar-refractivity contribution in [1.29, 1.82) is 0 Å². The Bertz CT molecular complexity index is 525. The van der Waals surface area contributed by atoms with Crippen LogP contribution in [-0.2, 0) is 0 Å². The molecule has 0 saturated heterocycles. The Hall–Kier alpha value is -2.05. The van der Waals surface area contributed by atoms with Crippen molar-refractivity contribution in [3.05, 3.63) is 29.3 Å². The van der Waals surface area contributed by atoms with E-state index in [4.69, 9.17) is 4.74 Å². The average Bonchev–Trinajstić information content (AvgIpc) is 2.52. The number of ether oxygens (including phenoxy) is 1. The van der Waals surface area contributed by atoms with Gasteiger partial charge < -0.3 is 4.74 Å². The molecule has 2 amide bonds. The molecule has 0 bridgehead atoms. The summed E-state index contributed by atoms with van der Waals surface area (Å²) in [6, 6.07) is 3.96. The molecule has 1 aliphatic heterocycles. The standard InChI is InChI=1S/C11H8F3NO3/c1-18-6-2-3-7-8(4-6)10(17)15(9(7)16)5-11(12,13)14/h2-4H,5H2,1H3. The predicted molar refractivity (Wildman–Crippen MR) is 54.4 cm³/mol. The van der Waals surface area contributed by atoms with E-state index in [1.165, 1.54) is 25.3 Å². The first kappa shape index (κ1) is 12.4. The van der Waals surface area contributed by atoms with E-state index in [1.807, 2.05) is 0 Å². The van der Waals surface area contributed by atoms with E-state index in [0.717, 1.165) is 0 Å². The molecule has 0 N–H and O–H groups in total. The second kappa shape index (κ2) is 4.01. The van der Waals surface area contributed by atoms with Crippen LogP contribution in [0.3, 0.4) is 0 Å². The van der Waals surface area contributed by atoms with Crippen LogP contribution >= 0.6 is 0 Å². The number of rotatable bonds is 2. The lowest BCUT2D eigenvalue weighted by Gasteiger charge is -2.15. The summed E-state index contributed by atoms with van der Waals surface area (Å²) in [7, 11) is 1.36. The fraction of sp³-hybridized carbons (Fsp3) is 0.273. The van der Waals surface area contributed by atoms with Gasteiger partial charge in [0, 0.05) is 0 Å². The zero-order valence-corrected chi connectivity index (χ0v) is 9.25. The Labute approximate surface area is 99.9 Å². The summed E-state index contributed by atoms with van der Waals surface area (Å²) in [5.41, 5.74) is -0.103. The molecular weight excluding hydrogens is 251 g/mol. The number of alkyl halides is 3. The maximum absolute atomic E-state index is 12.3. The van der Waals surface area contributed by atoms with Crippen LogP contribution in [0.4, 0.5) is 13.2 Å². The Kier molecular flexibility index (Phi) is 2.76. The van der Waals surface area contributed by atoms with Crippen LogP contribution < -0.4 is 4.74 Å². The van der Waals surface area contributed by atoms with Gasteiger partial charge in [-0.15, -0.1) is 0 Å². The van der Waals surface area contributed by atoms with Crippen molar-refractivity contribution in [3.8, 4) is 5.75 Å². The third kappa shape index (κ3) is 2.03. The van der Waals surface area contributed by atoms with Gasteiger partial charge in [0.05, 0.1) is 18.2 Å². The van der Waals surface area contributed by atoms with Gasteiger partial charge in [0.25, 0.3) is 11.8 Å². The van der Waals surface area contributed by atoms with Crippen molar-refractivity contribution in [2.45, 2.75) is 6.18 Å². The lowest BCUT2D eigenvalue weighted by Crippen LogP contribution is -2.38. The highest BCUT2D eigenvalue weighted by molar-refractivity contribution is 6.21. The van der Waals surface area contributed by atoms with Gasteiger partial charge in [0.1, 0.15) is 12.3 Å². The predicted octanol–water partition coefficient (Wildman–Crippen LogP) is 1.85. The Morgan fingerprint density at radius 3 is 2.33 bits per heavy atom. The van der Waals surface area contributed by atoms with Crippen LogP contribution in [0.5, 0.6) is 5.75 Å². The molecule has 0 unspecified atom stereocenters. The number of halogens is 3. The summed E-state index contributed by atoms with van der Waals surface area (Å²) in [4.78, 5) is 23.5. The number of hydrogen-bond acceptors (Lipinski definition) is 3. The molecule has 0 fully saturated rings. The molecule has 2 rings (SSSR count). The monoisotopic (exact) mass is 259 g/mol. The molecule has 0 aliphatic carbocycles. The minimum absolute atomic E-state index is 0.0370. The van der Waals surface area contributed by atoms with Gasteiger partial charge in [-0.25, -0.2) is 0 Å². The topological polar surface area (TPSA) is 46.6 Å². The van der Waals surface area contributed by atoms with Gasteiger partial charge in [-0.2, -0.15) is 13.2 Å². The maximum Gasteiger partial charge on any atom is 0.406 e. The van der Waals surface area contributed by atoms with E-state index >= 15 is 0 Å². The van der Waals surface area contributed by atoms with E-state index in [2.05, 4.69) is 0 Å². The molecule has 0 spiro atoms. The normalized spacial score (nSPS) is 15.0. The molecule has 7 heteroatoms. The number of fused-ring (bicyclic) bond motifs is 1. The number of carbonyl (C=O) groups excluding carboxylic acids is 2. The summed E-state index contributed by atoms with van der Waals surface area (Å²) in [5, 5.41) is 0. The number of benzene rings is 1. The maximum atomic E-state index is 12.3. The molecular formula is C11H8F3NO3. The van der Waals surface area contributed by atoms with Crippen molar-refractivity contribution in [1.82, 2.24) is 4.90 Å². The van der Waals surface area contributed by atoms with Gasteiger partial charge in [-0.3, -0.25) is 14.5 Å². The average molecular weight is 259 g/mol. The zero-order valence-electron chi connectivity index (χ0n) is 9.25. The molecule has 18 heavy (non-hydrogen) atoms. The molecule has 1 aliphatic rings. The van der Waals surface area contributed by atoms with E-state index < -0.39 is 24.5 Å². The van der Waals surface area contributed by atoms with Crippen LogP contribution in [0, 0.1) is 0 Å². The molecule has 0 aromatic heterocycles. The summed E-state index contributed by atoms with van der Waals surface area (Å²) in [5.74, 6) is -1.58. The number of imide groups is 1. The van der Waals surface area contributed by atoms with E-state index in [0.29, 0.717) is 5.75 Å². The SMILES string of the molecule is COc1ccc2c(c1)C(=O)N(CC(F)(F)F)C2=O. The first-order chi connectivity index (χ1) is 8.33. The van der Waals surface area contributed by atoms with Gasteiger partial charge >= 0.3 is 6.18 Å². The third-order valence-electron chi connectivity index (χ3n) is 2.52. The van der Waals surface area contributed by atoms with Crippen LogP contribution in [0.1, 0.15) is 20.7 Å². The minimum atomic E-state index is -4.61. The second-order valence-corrected chi connectivity index (χ2v) is 3.72. The quantitative estimate of drug-likeness (QED) is 0.761. The van der Waals surface area contributed by atoms with Crippen LogP contribution in [-0.4, -0.2) is 36.5 Å². The summed E-state index contributed by atoms with van der Waals surface area (Å²) < 4.78 is 41.6. The van der Waals surface area contributed by atoms with Gasteiger partial charge in [0.2, 0.25) is 0 Å². The lowest BCUT2D eigenvalue weighted by molar-refractivity contribution is -0.136. The van der Waals surface area contributed by atoms with Crippen molar-refractivity contribution >= 4 is 11.8 Å².